The van der Waals surface area contributed by atoms with Gasteiger partial charge in [-0.25, -0.2) is 4.98 Å². The van der Waals surface area contributed by atoms with Gasteiger partial charge in [-0.15, -0.1) is 0 Å². The lowest BCUT2D eigenvalue weighted by Gasteiger charge is -2.08. The maximum absolute atomic E-state index is 10.9. The molecule has 2 aromatic rings. The molecule has 0 atom stereocenters. The molecular formula is C14H17N5O. The molecule has 1 heterocycles. The molecule has 104 valence electrons. The number of benzene rings is 1. The molecule has 20 heavy (non-hydrogen) atoms. The van der Waals surface area contributed by atoms with Crippen LogP contribution < -0.4 is 16.4 Å². The molecule has 6 nitrogen and oxygen atoms in total. The van der Waals surface area contributed by atoms with E-state index in [0.717, 1.165) is 16.8 Å². The van der Waals surface area contributed by atoms with Crippen LogP contribution in [0.3, 0.4) is 0 Å². The maximum atomic E-state index is 10.9. The third kappa shape index (κ3) is 3.44. The van der Waals surface area contributed by atoms with E-state index in [1.807, 2.05) is 30.3 Å². The summed E-state index contributed by atoms with van der Waals surface area (Å²) >= 11 is 0. The van der Waals surface area contributed by atoms with E-state index in [4.69, 9.17) is 5.73 Å². The molecule has 1 aromatic heterocycles. The van der Waals surface area contributed by atoms with Crippen molar-refractivity contribution in [2.45, 2.75) is 13.5 Å². The number of hydrogen-bond acceptors (Lipinski definition) is 5. The predicted octanol–water partition coefficient (Wildman–Crippen LogP) is 1.40. The van der Waals surface area contributed by atoms with Crippen molar-refractivity contribution < 1.29 is 4.79 Å². The van der Waals surface area contributed by atoms with Crippen molar-refractivity contribution in [1.82, 2.24) is 15.3 Å². The third-order valence-corrected chi connectivity index (χ3v) is 2.76. The van der Waals surface area contributed by atoms with Crippen molar-refractivity contribution >= 4 is 17.7 Å². The fraction of sp³-hybridized carbons (Fsp3) is 0.214. The second-order valence-electron chi connectivity index (χ2n) is 4.36. The first kappa shape index (κ1) is 13.8. The zero-order valence-electron chi connectivity index (χ0n) is 11.5. The van der Waals surface area contributed by atoms with E-state index in [0.29, 0.717) is 12.4 Å². The molecule has 0 aliphatic rings. The molecule has 0 unspecified atom stereocenters. The number of aromatic nitrogens is 2. The molecule has 0 aliphatic heterocycles. The van der Waals surface area contributed by atoms with Crippen LogP contribution in [-0.2, 0) is 11.3 Å². The quantitative estimate of drug-likeness (QED) is 0.781. The Labute approximate surface area is 117 Å². The molecular weight excluding hydrogens is 254 g/mol. The van der Waals surface area contributed by atoms with Crippen LogP contribution in [0.4, 0.5) is 11.8 Å². The van der Waals surface area contributed by atoms with Gasteiger partial charge in [0.1, 0.15) is 5.82 Å². The fourth-order valence-corrected chi connectivity index (χ4v) is 1.81. The average molecular weight is 271 g/mol. The van der Waals surface area contributed by atoms with Gasteiger partial charge >= 0.3 is 0 Å². The third-order valence-electron chi connectivity index (χ3n) is 2.76. The summed E-state index contributed by atoms with van der Waals surface area (Å²) in [7, 11) is 1.78. The molecule has 0 aliphatic carbocycles. The van der Waals surface area contributed by atoms with Crippen LogP contribution in [0.15, 0.2) is 30.3 Å². The van der Waals surface area contributed by atoms with Crippen LogP contribution in [0.25, 0.3) is 11.3 Å². The zero-order valence-corrected chi connectivity index (χ0v) is 11.5. The van der Waals surface area contributed by atoms with E-state index >= 15 is 0 Å². The van der Waals surface area contributed by atoms with Gasteiger partial charge in [-0.1, -0.05) is 18.2 Å². The van der Waals surface area contributed by atoms with Crippen LogP contribution >= 0.6 is 0 Å². The number of nitrogens with zero attached hydrogens (tertiary/aromatic N) is 2. The molecule has 0 spiro atoms. The summed E-state index contributed by atoms with van der Waals surface area (Å²) in [6, 6.07) is 9.61. The number of rotatable bonds is 4. The van der Waals surface area contributed by atoms with Gasteiger partial charge in [0.25, 0.3) is 0 Å². The van der Waals surface area contributed by atoms with Crippen molar-refractivity contribution in [3.05, 3.63) is 35.9 Å². The Bertz CT molecular complexity index is 627. The zero-order chi connectivity index (χ0) is 14.5. The lowest BCUT2D eigenvalue weighted by Crippen LogP contribution is -2.18. The van der Waals surface area contributed by atoms with E-state index in [2.05, 4.69) is 20.6 Å². The summed E-state index contributed by atoms with van der Waals surface area (Å²) in [4.78, 5) is 19.2. The van der Waals surface area contributed by atoms with Gasteiger partial charge in [0.05, 0.1) is 5.69 Å². The van der Waals surface area contributed by atoms with Crippen molar-refractivity contribution in [1.29, 1.82) is 0 Å². The highest BCUT2D eigenvalue weighted by Gasteiger charge is 2.05. The first-order valence-electron chi connectivity index (χ1n) is 6.24. The van der Waals surface area contributed by atoms with E-state index < -0.39 is 0 Å². The summed E-state index contributed by atoms with van der Waals surface area (Å²) < 4.78 is 0. The average Bonchev–Trinajstić information content (AvgIpc) is 2.44. The summed E-state index contributed by atoms with van der Waals surface area (Å²) in [6.07, 6.45) is 0. The van der Waals surface area contributed by atoms with E-state index in [1.54, 1.807) is 7.05 Å². The fourth-order valence-electron chi connectivity index (χ4n) is 1.81. The molecule has 1 aromatic carbocycles. The molecule has 0 saturated carbocycles. The number of nitrogens with two attached hydrogens (primary N) is 1. The van der Waals surface area contributed by atoms with Crippen LogP contribution in [0.2, 0.25) is 0 Å². The first-order chi connectivity index (χ1) is 9.58. The molecule has 0 saturated heterocycles. The lowest BCUT2D eigenvalue weighted by molar-refractivity contribution is -0.119. The van der Waals surface area contributed by atoms with Crippen molar-refractivity contribution in [3.8, 4) is 11.3 Å². The van der Waals surface area contributed by atoms with Crippen molar-refractivity contribution in [3.63, 3.8) is 0 Å². The van der Waals surface area contributed by atoms with Crippen molar-refractivity contribution in [2.24, 2.45) is 0 Å². The molecule has 6 heteroatoms. The first-order valence-corrected chi connectivity index (χ1v) is 6.24. The Morgan fingerprint density at radius 2 is 2.10 bits per heavy atom. The summed E-state index contributed by atoms with van der Waals surface area (Å²) in [5.74, 6) is 0.832. The number of anilines is 2. The smallest absolute Gasteiger partial charge is 0.222 e. The standard InChI is InChI=1S/C14H17N5O/c1-9(20)17-8-10-4-3-5-11(6-10)12-7-13(16-2)19-14(15)18-12/h3-7H,8H2,1-2H3,(H,17,20)(H3,15,16,18,19). The Morgan fingerprint density at radius 1 is 1.30 bits per heavy atom. The predicted molar refractivity (Wildman–Crippen MR) is 78.9 cm³/mol. The van der Waals surface area contributed by atoms with Gasteiger partial charge in [0.2, 0.25) is 11.9 Å². The van der Waals surface area contributed by atoms with Gasteiger partial charge in [-0.3, -0.25) is 4.79 Å². The van der Waals surface area contributed by atoms with Gasteiger partial charge in [0, 0.05) is 32.1 Å². The van der Waals surface area contributed by atoms with Crippen LogP contribution in [0, 0.1) is 0 Å². The van der Waals surface area contributed by atoms with Crippen molar-refractivity contribution in [2.75, 3.05) is 18.1 Å². The summed E-state index contributed by atoms with van der Waals surface area (Å²) in [5, 5.41) is 5.71. The van der Waals surface area contributed by atoms with Crippen LogP contribution in [0.5, 0.6) is 0 Å². The van der Waals surface area contributed by atoms with E-state index in [1.165, 1.54) is 6.92 Å². The number of nitrogens with one attached hydrogen (secondary N) is 2. The Kier molecular flexibility index (Phi) is 4.14. The number of carbonyl (C=O) groups is 1. The van der Waals surface area contributed by atoms with E-state index in [9.17, 15) is 4.79 Å². The highest BCUT2D eigenvalue weighted by molar-refractivity contribution is 5.73. The van der Waals surface area contributed by atoms with Gasteiger partial charge in [-0.2, -0.15) is 4.98 Å². The Morgan fingerprint density at radius 3 is 2.80 bits per heavy atom. The minimum Gasteiger partial charge on any atom is -0.373 e. The second-order valence-corrected chi connectivity index (χ2v) is 4.36. The number of nitrogen functional groups attached to an aromatic ring is 1. The Balaban J connectivity index is 2.30. The number of hydrogen-bond donors (Lipinski definition) is 3. The number of carbonyl (C=O) groups excluding carboxylic acids is 1. The number of amides is 1. The Hall–Kier alpha value is -2.63. The highest BCUT2D eigenvalue weighted by Crippen LogP contribution is 2.21. The molecule has 2 rings (SSSR count). The minimum absolute atomic E-state index is 0.0563. The normalized spacial score (nSPS) is 10.1. The van der Waals surface area contributed by atoms with Gasteiger partial charge in [0.15, 0.2) is 0 Å². The topological polar surface area (TPSA) is 92.9 Å². The molecule has 4 N–H and O–H groups in total. The summed E-state index contributed by atoms with van der Waals surface area (Å²) in [6.45, 7) is 1.98. The highest BCUT2D eigenvalue weighted by atomic mass is 16.1. The SMILES string of the molecule is CNc1cc(-c2cccc(CNC(C)=O)c2)nc(N)n1. The van der Waals surface area contributed by atoms with Gasteiger partial charge in [-0.05, 0) is 11.6 Å². The molecule has 1 amide bonds. The second kappa shape index (κ2) is 6.01. The minimum atomic E-state index is -0.0563. The maximum Gasteiger partial charge on any atom is 0.222 e. The molecule has 0 radical (unpaired) electrons. The van der Waals surface area contributed by atoms with E-state index in [-0.39, 0.29) is 11.9 Å². The monoisotopic (exact) mass is 271 g/mol. The van der Waals surface area contributed by atoms with Gasteiger partial charge < -0.3 is 16.4 Å². The lowest BCUT2D eigenvalue weighted by atomic mass is 10.1. The largest absolute Gasteiger partial charge is 0.373 e. The molecule has 0 fully saturated rings. The summed E-state index contributed by atoms with van der Waals surface area (Å²) in [5.41, 5.74) is 8.36. The molecule has 0 bridgehead atoms. The van der Waals surface area contributed by atoms with Crippen LogP contribution in [0.1, 0.15) is 12.5 Å². The van der Waals surface area contributed by atoms with Crippen LogP contribution in [-0.4, -0.2) is 22.9 Å².